The molecule has 2 aromatic carbocycles. The quantitative estimate of drug-likeness (QED) is 0.382. The Hall–Kier alpha value is -3.76. The van der Waals surface area contributed by atoms with Crippen molar-refractivity contribution >= 4 is 17.5 Å². The summed E-state index contributed by atoms with van der Waals surface area (Å²) in [4.78, 5) is 32.5. The number of hydrogen-bond acceptors (Lipinski definition) is 8. The van der Waals surface area contributed by atoms with Crippen LogP contribution >= 0.6 is 0 Å². The lowest BCUT2D eigenvalue weighted by molar-refractivity contribution is -0.145. The summed E-state index contributed by atoms with van der Waals surface area (Å²) in [6, 6.07) is 14.0. The SMILES string of the molecule is CCNCCNC(=O)CN(CC(=O)N(C)N1Cc2ccccc2C1)c1cc(-c2noc(C)n2)ccc1C. The van der Waals surface area contributed by atoms with Gasteiger partial charge in [-0.3, -0.25) is 14.6 Å². The molecule has 0 saturated carbocycles. The van der Waals surface area contributed by atoms with Crippen LogP contribution in [-0.4, -0.2) is 71.7 Å². The molecule has 2 heterocycles. The Morgan fingerprint density at radius 2 is 1.78 bits per heavy atom. The monoisotopic (exact) mass is 505 g/mol. The lowest BCUT2D eigenvalue weighted by atomic mass is 10.1. The molecule has 4 rings (SSSR count). The molecule has 2 amide bonds. The smallest absolute Gasteiger partial charge is 0.256 e. The summed E-state index contributed by atoms with van der Waals surface area (Å²) < 4.78 is 5.15. The van der Waals surface area contributed by atoms with Gasteiger partial charge in [0.25, 0.3) is 5.91 Å². The van der Waals surface area contributed by atoms with Crippen molar-refractivity contribution in [2.75, 3.05) is 44.7 Å². The summed E-state index contributed by atoms with van der Waals surface area (Å²) in [6.45, 7) is 9.19. The maximum atomic E-state index is 13.5. The van der Waals surface area contributed by atoms with Crippen LogP contribution in [0.5, 0.6) is 0 Å². The molecule has 10 heteroatoms. The molecule has 196 valence electrons. The number of fused-ring (bicyclic) bond motifs is 1. The predicted octanol–water partition coefficient (Wildman–Crippen LogP) is 2.27. The molecule has 1 aliphatic heterocycles. The van der Waals surface area contributed by atoms with Crippen molar-refractivity contribution in [3.8, 4) is 11.4 Å². The molecule has 0 bridgehead atoms. The second kappa shape index (κ2) is 12.0. The van der Waals surface area contributed by atoms with Gasteiger partial charge >= 0.3 is 0 Å². The first kappa shape index (κ1) is 26.3. The first-order valence-corrected chi connectivity index (χ1v) is 12.6. The largest absolute Gasteiger partial charge is 0.353 e. The highest BCUT2D eigenvalue weighted by molar-refractivity contribution is 5.87. The third kappa shape index (κ3) is 6.52. The molecule has 0 atom stereocenters. The summed E-state index contributed by atoms with van der Waals surface area (Å²) >= 11 is 0. The number of hydrazine groups is 1. The summed E-state index contributed by atoms with van der Waals surface area (Å²) in [5.74, 6) is 0.681. The van der Waals surface area contributed by atoms with Crippen LogP contribution in [0.1, 0.15) is 29.5 Å². The normalized spacial score (nSPS) is 12.9. The lowest BCUT2D eigenvalue weighted by Gasteiger charge is -2.32. The fraction of sp³-hybridized carbons (Fsp3) is 0.407. The molecule has 1 aliphatic rings. The Kier molecular flexibility index (Phi) is 8.52. The molecule has 0 aliphatic carbocycles. The number of carbonyl (C=O) groups is 2. The number of nitrogens with zero attached hydrogens (tertiary/aromatic N) is 5. The number of anilines is 1. The van der Waals surface area contributed by atoms with Crippen LogP contribution in [0.4, 0.5) is 5.69 Å². The third-order valence-electron chi connectivity index (χ3n) is 6.48. The van der Waals surface area contributed by atoms with E-state index in [9.17, 15) is 9.59 Å². The average molecular weight is 506 g/mol. The Morgan fingerprint density at radius 3 is 2.43 bits per heavy atom. The Bertz CT molecular complexity index is 1220. The maximum Gasteiger partial charge on any atom is 0.256 e. The first-order chi connectivity index (χ1) is 17.9. The minimum Gasteiger partial charge on any atom is -0.353 e. The molecular weight excluding hydrogens is 470 g/mol. The Morgan fingerprint density at radius 1 is 1.05 bits per heavy atom. The van der Waals surface area contributed by atoms with Crippen molar-refractivity contribution in [3.63, 3.8) is 0 Å². The Labute approximate surface area is 217 Å². The molecule has 0 spiro atoms. The van der Waals surface area contributed by atoms with Crippen LogP contribution < -0.4 is 15.5 Å². The molecule has 1 aromatic heterocycles. The van der Waals surface area contributed by atoms with E-state index in [1.807, 2.05) is 54.1 Å². The zero-order valence-corrected chi connectivity index (χ0v) is 22.0. The van der Waals surface area contributed by atoms with Gasteiger partial charge in [0, 0.05) is 51.4 Å². The highest BCUT2D eigenvalue weighted by Gasteiger charge is 2.27. The van der Waals surface area contributed by atoms with Crippen molar-refractivity contribution in [1.82, 2.24) is 30.8 Å². The molecule has 0 radical (unpaired) electrons. The van der Waals surface area contributed by atoms with E-state index in [0.29, 0.717) is 37.9 Å². The number of carbonyl (C=O) groups excluding carboxylic acids is 2. The number of benzene rings is 2. The highest BCUT2D eigenvalue weighted by atomic mass is 16.5. The highest BCUT2D eigenvalue weighted by Crippen LogP contribution is 2.28. The number of hydrogen-bond donors (Lipinski definition) is 2. The van der Waals surface area contributed by atoms with Crippen LogP contribution in [0.3, 0.4) is 0 Å². The van der Waals surface area contributed by atoms with Gasteiger partial charge in [-0.1, -0.05) is 48.5 Å². The van der Waals surface area contributed by atoms with E-state index in [0.717, 1.165) is 23.4 Å². The van der Waals surface area contributed by atoms with Gasteiger partial charge in [-0.25, -0.2) is 5.01 Å². The fourth-order valence-corrected chi connectivity index (χ4v) is 4.38. The summed E-state index contributed by atoms with van der Waals surface area (Å²) in [7, 11) is 1.79. The molecule has 2 N–H and O–H groups in total. The van der Waals surface area contributed by atoms with Crippen molar-refractivity contribution in [2.45, 2.75) is 33.9 Å². The van der Waals surface area contributed by atoms with Gasteiger partial charge < -0.3 is 20.1 Å². The fourth-order valence-electron chi connectivity index (χ4n) is 4.38. The van der Waals surface area contributed by atoms with Crippen molar-refractivity contribution in [3.05, 3.63) is 65.0 Å². The molecule has 0 fully saturated rings. The lowest BCUT2D eigenvalue weighted by Crippen LogP contribution is -2.48. The summed E-state index contributed by atoms with van der Waals surface area (Å²) in [6.07, 6.45) is 0. The summed E-state index contributed by atoms with van der Waals surface area (Å²) in [5, 5.41) is 13.8. The average Bonchev–Trinajstić information content (AvgIpc) is 3.52. The third-order valence-corrected chi connectivity index (χ3v) is 6.48. The van der Waals surface area contributed by atoms with Gasteiger partial charge in [-0.2, -0.15) is 4.98 Å². The standard InChI is InChI=1S/C27H35N7O3/c1-5-28-12-13-29-25(35)17-33(24-14-21(11-10-19(24)2)27-30-20(3)37-31-27)18-26(36)32(4)34-15-22-8-6-7-9-23(22)16-34/h6-11,14,28H,5,12-13,15-18H2,1-4H3,(H,29,35). The number of rotatable bonds is 11. The first-order valence-electron chi connectivity index (χ1n) is 12.6. The van der Waals surface area contributed by atoms with Crippen LogP contribution in [0.15, 0.2) is 47.0 Å². The predicted molar refractivity (Wildman–Crippen MR) is 141 cm³/mol. The van der Waals surface area contributed by atoms with Gasteiger partial charge in [-0.15, -0.1) is 0 Å². The second-order valence-corrected chi connectivity index (χ2v) is 9.21. The number of aryl methyl sites for hydroxylation is 2. The van der Waals surface area contributed by atoms with Crippen molar-refractivity contribution in [1.29, 1.82) is 0 Å². The maximum absolute atomic E-state index is 13.5. The molecular formula is C27H35N7O3. The van der Waals surface area contributed by atoms with E-state index < -0.39 is 0 Å². The molecule has 3 aromatic rings. The number of nitrogens with one attached hydrogen (secondary N) is 2. The van der Waals surface area contributed by atoms with Crippen LogP contribution in [0.25, 0.3) is 11.4 Å². The molecule has 0 unspecified atom stereocenters. The van der Waals surface area contributed by atoms with E-state index in [2.05, 4.69) is 32.9 Å². The second-order valence-electron chi connectivity index (χ2n) is 9.21. The minimum absolute atomic E-state index is 0.0412. The molecule has 0 saturated heterocycles. The summed E-state index contributed by atoms with van der Waals surface area (Å²) in [5.41, 5.74) is 4.91. The van der Waals surface area contributed by atoms with E-state index >= 15 is 0 Å². The molecule has 37 heavy (non-hydrogen) atoms. The van der Waals surface area contributed by atoms with Gasteiger partial charge in [0.2, 0.25) is 17.6 Å². The topological polar surface area (TPSA) is 107 Å². The van der Waals surface area contributed by atoms with Crippen LogP contribution in [0.2, 0.25) is 0 Å². The van der Waals surface area contributed by atoms with Crippen LogP contribution in [0, 0.1) is 13.8 Å². The van der Waals surface area contributed by atoms with Gasteiger partial charge in [0.05, 0.1) is 13.1 Å². The van der Waals surface area contributed by atoms with E-state index in [1.165, 1.54) is 11.1 Å². The van der Waals surface area contributed by atoms with E-state index in [1.54, 1.807) is 19.0 Å². The van der Waals surface area contributed by atoms with Crippen LogP contribution in [-0.2, 0) is 22.7 Å². The van der Waals surface area contributed by atoms with Crippen molar-refractivity contribution < 1.29 is 14.1 Å². The minimum atomic E-state index is -0.151. The molecule has 10 nitrogen and oxygen atoms in total. The van der Waals surface area contributed by atoms with Gasteiger partial charge in [0.15, 0.2) is 0 Å². The van der Waals surface area contributed by atoms with Gasteiger partial charge in [0.1, 0.15) is 0 Å². The number of likely N-dealkylation sites (N-methyl/N-ethyl adjacent to an activating group) is 2. The zero-order valence-electron chi connectivity index (χ0n) is 22.0. The zero-order chi connectivity index (χ0) is 26.4. The number of amides is 2. The van der Waals surface area contributed by atoms with Crippen molar-refractivity contribution in [2.24, 2.45) is 0 Å². The van der Waals surface area contributed by atoms with E-state index in [4.69, 9.17) is 4.52 Å². The number of aromatic nitrogens is 2. The van der Waals surface area contributed by atoms with Gasteiger partial charge in [-0.05, 0) is 36.2 Å². The van der Waals surface area contributed by atoms with E-state index in [-0.39, 0.29) is 24.9 Å². The Balaban J connectivity index is 1.53.